The lowest BCUT2D eigenvalue weighted by Crippen LogP contribution is -2.71. The van der Waals surface area contributed by atoms with E-state index in [4.69, 9.17) is 10.8 Å². The van der Waals surface area contributed by atoms with Crippen LogP contribution in [0.25, 0.3) is 0 Å². The van der Waals surface area contributed by atoms with Crippen LogP contribution < -0.4 is 16.4 Å². The fourth-order valence-corrected chi connectivity index (χ4v) is 5.93. The number of hydrogen-bond donors (Lipinski definition) is 5. The quantitative estimate of drug-likeness (QED) is 0.102. The van der Waals surface area contributed by atoms with Crippen molar-refractivity contribution in [3.05, 3.63) is 33.2 Å². The summed E-state index contributed by atoms with van der Waals surface area (Å²) in [5.74, 6) is -4.30. The van der Waals surface area contributed by atoms with Gasteiger partial charge in [0.25, 0.3) is 11.8 Å². The van der Waals surface area contributed by atoms with Crippen LogP contribution in [0.3, 0.4) is 0 Å². The number of anilines is 1. The van der Waals surface area contributed by atoms with Crippen molar-refractivity contribution in [1.82, 2.24) is 20.5 Å². The zero-order valence-electron chi connectivity index (χ0n) is 18.5. The molecule has 1 aromatic rings. The zero-order chi connectivity index (χ0) is 26.4. The summed E-state index contributed by atoms with van der Waals surface area (Å²) >= 11 is 3.26. The second kappa shape index (κ2) is 11.9. The van der Waals surface area contributed by atoms with E-state index in [1.165, 1.54) is 28.6 Å². The van der Waals surface area contributed by atoms with Crippen LogP contribution in [0.1, 0.15) is 12.6 Å². The maximum atomic E-state index is 12.9. The van der Waals surface area contributed by atoms with Crippen molar-refractivity contribution in [2.75, 3.05) is 24.6 Å². The van der Waals surface area contributed by atoms with Crippen LogP contribution in [-0.4, -0.2) is 85.8 Å². The minimum absolute atomic E-state index is 0.0176. The van der Waals surface area contributed by atoms with Gasteiger partial charge in [-0.1, -0.05) is 16.9 Å². The molecule has 6 N–H and O–H groups in total. The fourth-order valence-electron chi connectivity index (χ4n) is 3.05. The largest absolute Gasteiger partial charge is 0.479 e. The molecule has 2 atom stereocenters. The lowest BCUT2D eigenvalue weighted by Gasteiger charge is -2.49. The van der Waals surface area contributed by atoms with Crippen molar-refractivity contribution >= 4 is 75.4 Å². The lowest BCUT2D eigenvalue weighted by atomic mass is 10.0. The summed E-state index contributed by atoms with van der Waals surface area (Å²) < 4.78 is 0. The number of nitrogen functional groups attached to an aromatic ring is 1. The Bertz CT molecular complexity index is 1180. The fraction of sp³-hybridized carbons (Fsp3) is 0.316. The Morgan fingerprint density at radius 3 is 2.75 bits per heavy atom. The number of thioether (sulfide) groups is 2. The summed E-state index contributed by atoms with van der Waals surface area (Å²) in [6.07, 6.45) is 1.26. The number of carbonyl (C=O) groups excluding carboxylic acids is 3. The molecule has 1 saturated heterocycles. The number of hydrogen-bond acceptors (Lipinski definition) is 12. The molecule has 2 aliphatic rings. The summed E-state index contributed by atoms with van der Waals surface area (Å²) in [6, 6.07) is -1.07. The minimum Gasteiger partial charge on any atom is -0.479 e. The molecule has 0 aliphatic carbocycles. The summed E-state index contributed by atoms with van der Waals surface area (Å²) in [5.41, 5.74) is 4.99. The SMILES string of the molecule is CCNC(=O)/C=C\SC1=C(C(=O)O)N2C(=O)[C@@H](NC(=O)/C(=N\OCC(=O)O)c3csc(N)n3)[C@@H]2SC1. The molecule has 3 rings (SSSR count). The Balaban J connectivity index is 1.75. The smallest absolute Gasteiger partial charge is 0.353 e. The summed E-state index contributed by atoms with van der Waals surface area (Å²) in [7, 11) is 0. The number of nitrogens with two attached hydrogens (primary N) is 1. The van der Waals surface area contributed by atoms with Crippen LogP contribution in [0.4, 0.5) is 5.13 Å². The molecule has 1 aromatic heterocycles. The van der Waals surface area contributed by atoms with Gasteiger partial charge >= 0.3 is 11.9 Å². The lowest BCUT2D eigenvalue weighted by molar-refractivity contribution is -0.150. The second-order valence-electron chi connectivity index (χ2n) is 6.93. The molecule has 0 bridgehead atoms. The Hall–Kier alpha value is -3.57. The number of fused-ring (bicyclic) bond motifs is 1. The van der Waals surface area contributed by atoms with Crippen molar-refractivity contribution < 1.29 is 39.0 Å². The predicted octanol–water partition coefficient (Wildman–Crippen LogP) is -0.390. The van der Waals surface area contributed by atoms with Crippen molar-refractivity contribution in [3.8, 4) is 0 Å². The van der Waals surface area contributed by atoms with Crippen molar-refractivity contribution in [2.24, 2.45) is 5.16 Å². The number of oxime groups is 1. The number of aromatic nitrogens is 1. The maximum absolute atomic E-state index is 12.9. The highest BCUT2D eigenvalue weighted by atomic mass is 32.2. The number of nitrogens with one attached hydrogen (secondary N) is 2. The van der Waals surface area contributed by atoms with E-state index in [0.29, 0.717) is 11.4 Å². The third-order valence-electron chi connectivity index (χ3n) is 4.53. The first-order valence-electron chi connectivity index (χ1n) is 10.1. The van der Waals surface area contributed by atoms with Crippen LogP contribution in [-0.2, 0) is 28.8 Å². The molecule has 0 saturated carbocycles. The van der Waals surface area contributed by atoms with E-state index in [9.17, 15) is 29.1 Å². The molecule has 17 heteroatoms. The number of nitrogens with zero attached hydrogens (tertiary/aromatic N) is 3. The Kier molecular flexibility index (Phi) is 8.94. The van der Waals surface area contributed by atoms with E-state index in [0.717, 1.165) is 28.0 Å². The molecule has 1 fully saturated rings. The van der Waals surface area contributed by atoms with E-state index < -0.39 is 47.5 Å². The number of carboxylic acids is 2. The third kappa shape index (κ3) is 6.16. The number of rotatable bonds is 11. The normalized spacial score (nSPS) is 19.5. The zero-order valence-corrected chi connectivity index (χ0v) is 20.9. The molecule has 0 aromatic carbocycles. The molecule has 0 radical (unpaired) electrons. The topological polar surface area (TPSA) is 214 Å². The van der Waals surface area contributed by atoms with E-state index in [1.807, 2.05) is 0 Å². The van der Waals surface area contributed by atoms with Gasteiger partial charge in [-0.05, 0) is 12.3 Å². The van der Waals surface area contributed by atoms with Crippen LogP contribution >= 0.6 is 34.9 Å². The first-order valence-corrected chi connectivity index (χ1v) is 12.9. The van der Waals surface area contributed by atoms with Gasteiger partial charge in [0, 0.05) is 28.7 Å². The third-order valence-corrected chi connectivity index (χ3v) is 7.56. The van der Waals surface area contributed by atoms with Gasteiger partial charge < -0.3 is 31.4 Å². The first-order chi connectivity index (χ1) is 17.1. The number of amides is 3. The number of thiazole rings is 1. The van der Waals surface area contributed by atoms with Gasteiger partial charge in [0.05, 0.1) is 0 Å². The monoisotopic (exact) mass is 556 g/mol. The highest BCUT2D eigenvalue weighted by Crippen LogP contribution is 2.43. The Labute approximate surface area is 216 Å². The average molecular weight is 557 g/mol. The average Bonchev–Trinajstić information content (AvgIpc) is 3.25. The summed E-state index contributed by atoms with van der Waals surface area (Å²) in [6.45, 7) is 1.39. The van der Waals surface area contributed by atoms with E-state index in [-0.39, 0.29) is 28.2 Å². The molecular formula is C19H20N6O8S3. The van der Waals surface area contributed by atoms with Crippen LogP contribution in [0, 0.1) is 0 Å². The maximum Gasteiger partial charge on any atom is 0.353 e. The molecule has 0 unspecified atom stereocenters. The standard InChI is InChI=1S/C19H20N6O8S3/c1-2-21-10(26)3-4-34-9-7-35-17-13(16(30)25(17)14(9)18(31)32)23-15(29)12(24-33-5-11(27)28)8-6-36-19(20)22-8/h3-4,6,13,17H,2,5,7H2,1H3,(H2,20,22)(H,21,26)(H,23,29)(H,27,28)(H,31,32)/b4-3-,24-12-/t13-,17+/m1/s1. The number of β-lactam (4-membered cyclic amide) rings is 1. The van der Waals surface area contributed by atoms with Gasteiger partial charge in [-0.3, -0.25) is 19.3 Å². The molecule has 2 aliphatic heterocycles. The Morgan fingerprint density at radius 2 is 2.14 bits per heavy atom. The van der Waals surface area contributed by atoms with Gasteiger partial charge in [0.2, 0.25) is 12.5 Å². The number of carboxylic acid groups (broad SMARTS) is 2. The van der Waals surface area contributed by atoms with Crippen LogP contribution in [0.5, 0.6) is 0 Å². The van der Waals surface area contributed by atoms with Gasteiger partial charge in [-0.15, -0.1) is 23.1 Å². The van der Waals surface area contributed by atoms with Gasteiger partial charge in [0.1, 0.15) is 22.8 Å². The van der Waals surface area contributed by atoms with Crippen molar-refractivity contribution in [1.29, 1.82) is 0 Å². The molecule has 36 heavy (non-hydrogen) atoms. The molecule has 192 valence electrons. The number of carbonyl (C=O) groups is 5. The predicted molar refractivity (Wildman–Crippen MR) is 132 cm³/mol. The molecule has 0 spiro atoms. The Morgan fingerprint density at radius 1 is 1.39 bits per heavy atom. The van der Waals surface area contributed by atoms with Gasteiger partial charge in [0.15, 0.2) is 10.8 Å². The number of aliphatic carboxylic acids is 2. The van der Waals surface area contributed by atoms with Crippen molar-refractivity contribution in [3.63, 3.8) is 0 Å². The van der Waals surface area contributed by atoms with Gasteiger partial charge in [-0.25, -0.2) is 14.6 Å². The second-order valence-corrected chi connectivity index (χ2v) is 9.93. The molecule has 3 heterocycles. The molecule has 14 nitrogen and oxygen atoms in total. The summed E-state index contributed by atoms with van der Waals surface area (Å²) in [5, 5.41) is 29.3. The summed E-state index contributed by atoms with van der Waals surface area (Å²) in [4.78, 5) is 70.0. The number of likely N-dealkylation sites (N-methyl/N-ethyl adjacent to an activating group) is 1. The van der Waals surface area contributed by atoms with Crippen molar-refractivity contribution in [2.45, 2.75) is 18.3 Å². The molecule has 3 amide bonds. The van der Waals surface area contributed by atoms with Crippen LogP contribution in [0.15, 0.2) is 32.6 Å². The highest BCUT2D eigenvalue weighted by molar-refractivity contribution is 8.08. The van der Waals surface area contributed by atoms with Crippen LogP contribution in [0.2, 0.25) is 0 Å². The van der Waals surface area contributed by atoms with E-state index in [2.05, 4.69) is 25.6 Å². The molecular weight excluding hydrogens is 536 g/mol. The van der Waals surface area contributed by atoms with E-state index in [1.54, 1.807) is 6.92 Å². The van der Waals surface area contributed by atoms with E-state index >= 15 is 0 Å². The minimum atomic E-state index is -1.32. The van der Waals surface area contributed by atoms with Gasteiger partial charge in [-0.2, -0.15) is 0 Å². The highest BCUT2D eigenvalue weighted by Gasteiger charge is 2.54. The first kappa shape index (κ1) is 27.0.